The summed E-state index contributed by atoms with van der Waals surface area (Å²) in [7, 11) is 0. The molecule has 0 spiro atoms. The first-order valence-electron chi connectivity index (χ1n) is 6.72. The smallest absolute Gasteiger partial charge is 0.0417 e. The van der Waals surface area contributed by atoms with E-state index in [4.69, 9.17) is 5.73 Å². The van der Waals surface area contributed by atoms with Crippen LogP contribution in [0.1, 0.15) is 45.2 Å². The first kappa shape index (κ1) is 12.4. The van der Waals surface area contributed by atoms with Gasteiger partial charge in [0.15, 0.2) is 0 Å². The van der Waals surface area contributed by atoms with Crippen molar-refractivity contribution in [1.82, 2.24) is 0 Å². The molecule has 1 saturated heterocycles. The van der Waals surface area contributed by atoms with E-state index in [1.807, 2.05) is 0 Å². The van der Waals surface area contributed by atoms with Crippen LogP contribution in [0.5, 0.6) is 0 Å². The monoisotopic (exact) mass is 232 g/mol. The molecule has 17 heavy (non-hydrogen) atoms. The van der Waals surface area contributed by atoms with Crippen LogP contribution in [0.4, 0.5) is 5.69 Å². The number of piperidine rings is 1. The molecule has 94 valence electrons. The van der Waals surface area contributed by atoms with Gasteiger partial charge in [0.2, 0.25) is 0 Å². The molecule has 0 amide bonds. The van der Waals surface area contributed by atoms with Gasteiger partial charge in [0.1, 0.15) is 0 Å². The molecule has 1 fully saturated rings. The average Bonchev–Trinajstić information content (AvgIpc) is 2.33. The highest BCUT2D eigenvalue weighted by atomic mass is 15.2. The Hall–Kier alpha value is -1.02. The van der Waals surface area contributed by atoms with Gasteiger partial charge >= 0.3 is 0 Å². The van der Waals surface area contributed by atoms with Crippen LogP contribution in [0, 0.1) is 5.92 Å². The highest BCUT2D eigenvalue weighted by molar-refractivity contribution is 5.56. The third-order valence-electron chi connectivity index (χ3n) is 4.11. The second-order valence-corrected chi connectivity index (χ2v) is 5.40. The van der Waals surface area contributed by atoms with E-state index in [-0.39, 0.29) is 6.04 Å². The van der Waals surface area contributed by atoms with Crippen molar-refractivity contribution in [3.8, 4) is 0 Å². The van der Waals surface area contributed by atoms with Crippen LogP contribution in [0.3, 0.4) is 0 Å². The van der Waals surface area contributed by atoms with E-state index in [2.05, 4.69) is 49.9 Å². The second-order valence-electron chi connectivity index (χ2n) is 5.40. The molecule has 2 heteroatoms. The van der Waals surface area contributed by atoms with Crippen molar-refractivity contribution in [2.75, 3.05) is 11.4 Å². The van der Waals surface area contributed by atoms with Gasteiger partial charge in [-0.3, -0.25) is 0 Å². The Morgan fingerprint density at radius 2 is 2.00 bits per heavy atom. The molecule has 3 unspecified atom stereocenters. The second kappa shape index (κ2) is 5.09. The van der Waals surface area contributed by atoms with E-state index in [0.29, 0.717) is 6.04 Å². The third kappa shape index (κ3) is 2.47. The molecule has 1 aliphatic heterocycles. The predicted octanol–water partition coefficient (Wildman–Crippen LogP) is 3.33. The zero-order valence-electron chi connectivity index (χ0n) is 11.2. The first-order chi connectivity index (χ1) is 8.11. The summed E-state index contributed by atoms with van der Waals surface area (Å²) >= 11 is 0. The molecule has 0 saturated carbocycles. The van der Waals surface area contributed by atoms with Crippen molar-refractivity contribution in [2.24, 2.45) is 11.7 Å². The number of hydrogen-bond donors (Lipinski definition) is 1. The normalized spacial score (nSPS) is 26.9. The van der Waals surface area contributed by atoms with Crippen molar-refractivity contribution in [1.29, 1.82) is 0 Å². The zero-order valence-corrected chi connectivity index (χ0v) is 11.2. The molecule has 1 aromatic rings. The molecule has 0 aliphatic carbocycles. The third-order valence-corrected chi connectivity index (χ3v) is 4.11. The van der Waals surface area contributed by atoms with Crippen LogP contribution in [0.15, 0.2) is 24.3 Å². The van der Waals surface area contributed by atoms with Gasteiger partial charge in [0.05, 0.1) is 0 Å². The summed E-state index contributed by atoms with van der Waals surface area (Å²) in [5.41, 5.74) is 8.68. The molecule has 2 rings (SSSR count). The molecule has 2 nitrogen and oxygen atoms in total. The number of nitrogens with zero attached hydrogens (tertiary/aromatic N) is 1. The van der Waals surface area contributed by atoms with Gasteiger partial charge in [0.25, 0.3) is 0 Å². The van der Waals surface area contributed by atoms with Gasteiger partial charge in [-0.25, -0.2) is 0 Å². The summed E-state index contributed by atoms with van der Waals surface area (Å²) in [6, 6.07) is 9.30. The standard InChI is InChI=1S/C15H24N2/c1-11-7-6-10-17(13(11)3)15-9-5-4-8-14(15)12(2)16/h4-5,8-9,11-13H,6-7,10,16H2,1-3H3. The van der Waals surface area contributed by atoms with Gasteiger partial charge in [-0.1, -0.05) is 25.1 Å². The number of hydrogen-bond acceptors (Lipinski definition) is 2. The first-order valence-corrected chi connectivity index (χ1v) is 6.72. The lowest BCUT2D eigenvalue weighted by Crippen LogP contribution is -2.43. The number of anilines is 1. The molecule has 0 bridgehead atoms. The molecule has 1 heterocycles. The molecular formula is C15H24N2. The van der Waals surface area contributed by atoms with Crippen molar-refractivity contribution in [3.05, 3.63) is 29.8 Å². The summed E-state index contributed by atoms with van der Waals surface area (Å²) in [5.74, 6) is 0.768. The zero-order chi connectivity index (χ0) is 12.4. The lowest BCUT2D eigenvalue weighted by atomic mass is 9.90. The number of nitrogens with two attached hydrogens (primary N) is 1. The van der Waals surface area contributed by atoms with Crippen LogP contribution in [-0.2, 0) is 0 Å². The van der Waals surface area contributed by atoms with Crippen molar-refractivity contribution in [3.63, 3.8) is 0 Å². The maximum absolute atomic E-state index is 6.07. The summed E-state index contributed by atoms with van der Waals surface area (Å²) in [6.45, 7) is 7.92. The van der Waals surface area contributed by atoms with E-state index in [1.54, 1.807) is 0 Å². The minimum Gasteiger partial charge on any atom is -0.368 e. The Bertz CT molecular complexity index is 373. The van der Waals surface area contributed by atoms with Crippen LogP contribution in [-0.4, -0.2) is 12.6 Å². The van der Waals surface area contributed by atoms with Crippen molar-refractivity contribution < 1.29 is 0 Å². The quantitative estimate of drug-likeness (QED) is 0.847. The van der Waals surface area contributed by atoms with Crippen LogP contribution in [0.25, 0.3) is 0 Å². The SMILES string of the molecule is CC(N)c1ccccc1N1CCCC(C)C1C. The number of benzene rings is 1. The fraction of sp³-hybridized carbons (Fsp3) is 0.600. The Morgan fingerprint density at radius 1 is 1.29 bits per heavy atom. The lowest BCUT2D eigenvalue weighted by molar-refractivity contribution is 0.363. The van der Waals surface area contributed by atoms with Crippen LogP contribution in [0.2, 0.25) is 0 Å². The highest BCUT2D eigenvalue weighted by Gasteiger charge is 2.26. The van der Waals surface area contributed by atoms with Crippen molar-refractivity contribution >= 4 is 5.69 Å². The minimum absolute atomic E-state index is 0.107. The fourth-order valence-corrected chi connectivity index (χ4v) is 2.81. The van der Waals surface area contributed by atoms with E-state index in [0.717, 1.165) is 12.5 Å². The van der Waals surface area contributed by atoms with E-state index in [1.165, 1.54) is 24.1 Å². The summed E-state index contributed by atoms with van der Waals surface area (Å²) in [6.07, 6.45) is 2.64. The fourth-order valence-electron chi connectivity index (χ4n) is 2.81. The maximum Gasteiger partial charge on any atom is 0.0417 e. The maximum atomic E-state index is 6.07. The summed E-state index contributed by atoms with van der Waals surface area (Å²) < 4.78 is 0. The Morgan fingerprint density at radius 3 is 2.71 bits per heavy atom. The Balaban J connectivity index is 2.32. The molecular weight excluding hydrogens is 208 g/mol. The predicted molar refractivity (Wildman–Crippen MR) is 74.3 cm³/mol. The van der Waals surface area contributed by atoms with E-state index in [9.17, 15) is 0 Å². The lowest BCUT2D eigenvalue weighted by Gasteiger charge is -2.41. The summed E-state index contributed by atoms with van der Waals surface area (Å²) in [4.78, 5) is 2.53. The van der Waals surface area contributed by atoms with Crippen LogP contribution < -0.4 is 10.6 Å². The number of rotatable bonds is 2. The minimum atomic E-state index is 0.107. The van der Waals surface area contributed by atoms with Gasteiger partial charge in [-0.2, -0.15) is 0 Å². The highest BCUT2D eigenvalue weighted by Crippen LogP contribution is 2.32. The van der Waals surface area contributed by atoms with Crippen LogP contribution >= 0.6 is 0 Å². The molecule has 1 aliphatic rings. The van der Waals surface area contributed by atoms with Gasteiger partial charge in [0, 0.05) is 24.3 Å². The topological polar surface area (TPSA) is 29.3 Å². The average molecular weight is 232 g/mol. The Labute approximate surface area is 105 Å². The molecule has 0 radical (unpaired) electrons. The molecule has 1 aromatic carbocycles. The van der Waals surface area contributed by atoms with Crippen molar-refractivity contribution in [2.45, 2.75) is 45.7 Å². The molecule has 0 aromatic heterocycles. The van der Waals surface area contributed by atoms with E-state index < -0.39 is 0 Å². The summed E-state index contributed by atoms with van der Waals surface area (Å²) in [5, 5.41) is 0. The van der Waals surface area contributed by atoms with Gasteiger partial charge in [-0.15, -0.1) is 0 Å². The molecule has 2 N–H and O–H groups in total. The Kier molecular flexibility index (Phi) is 3.72. The van der Waals surface area contributed by atoms with Gasteiger partial charge < -0.3 is 10.6 Å². The number of para-hydroxylation sites is 1. The van der Waals surface area contributed by atoms with E-state index >= 15 is 0 Å². The van der Waals surface area contributed by atoms with Gasteiger partial charge in [-0.05, 0) is 44.2 Å². The molecule has 3 atom stereocenters. The largest absolute Gasteiger partial charge is 0.368 e.